The van der Waals surface area contributed by atoms with Crippen molar-refractivity contribution in [1.29, 1.82) is 0 Å². The van der Waals surface area contributed by atoms with Crippen LogP contribution in [0.3, 0.4) is 0 Å². The van der Waals surface area contributed by atoms with Crippen LogP contribution in [0.1, 0.15) is 18.1 Å². The predicted molar refractivity (Wildman–Crippen MR) is 139 cm³/mol. The number of benzene rings is 3. The SMILES string of the molecule is CC(=O)N1CCN(C(=O)Cc2ccc(N(Cc3ccccc3)C(=O)COc3ccccc3)cc2)CC1. The van der Waals surface area contributed by atoms with Gasteiger partial charge in [-0.15, -0.1) is 0 Å². The van der Waals surface area contributed by atoms with Crippen molar-refractivity contribution in [3.05, 3.63) is 96.1 Å². The molecule has 0 aliphatic carbocycles. The molecule has 0 bridgehead atoms. The van der Waals surface area contributed by atoms with Crippen molar-refractivity contribution in [2.75, 3.05) is 37.7 Å². The monoisotopic (exact) mass is 485 g/mol. The van der Waals surface area contributed by atoms with E-state index in [1.807, 2.05) is 84.9 Å². The first kappa shape index (κ1) is 25.0. The maximum Gasteiger partial charge on any atom is 0.265 e. The number of para-hydroxylation sites is 1. The summed E-state index contributed by atoms with van der Waals surface area (Å²) in [7, 11) is 0. The number of hydrogen-bond donors (Lipinski definition) is 0. The molecule has 3 aromatic rings. The highest BCUT2D eigenvalue weighted by Gasteiger charge is 2.23. The van der Waals surface area contributed by atoms with E-state index in [2.05, 4.69) is 0 Å². The molecule has 3 aromatic carbocycles. The first-order chi connectivity index (χ1) is 17.5. The molecule has 7 nitrogen and oxygen atoms in total. The number of nitrogens with zero attached hydrogens (tertiary/aromatic N) is 3. The summed E-state index contributed by atoms with van der Waals surface area (Å²) < 4.78 is 5.71. The van der Waals surface area contributed by atoms with E-state index in [-0.39, 0.29) is 30.7 Å². The van der Waals surface area contributed by atoms with E-state index in [4.69, 9.17) is 4.74 Å². The number of hydrogen-bond acceptors (Lipinski definition) is 4. The van der Waals surface area contributed by atoms with Crippen LogP contribution in [0, 0.1) is 0 Å². The Hall–Kier alpha value is -4.13. The van der Waals surface area contributed by atoms with E-state index in [0.29, 0.717) is 38.5 Å². The molecule has 36 heavy (non-hydrogen) atoms. The highest BCUT2D eigenvalue weighted by molar-refractivity contribution is 5.94. The van der Waals surface area contributed by atoms with Gasteiger partial charge in [0.15, 0.2) is 6.61 Å². The molecule has 186 valence electrons. The van der Waals surface area contributed by atoms with E-state index < -0.39 is 0 Å². The van der Waals surface area contributed by atoms with Crippen molar-refractivity contribution in [1.82, 2.24) is 9.80 Å². The van der Waals surface area contributed by atoms with Crippen molar-refractivity contribution >= 4 is 23.4 Å². The average Bonchev–Trinajstić information content (AvgIpc) is 2.92. The first-order valence-electron chi connectivity index (χ1n) is 12.1. The number of amides is 3. The fraction of sp³-hybridized carbons (Fsp3) is 0.276. The summed E-state index contributed by atoms with van der Waals surface area (Å²) in [5.74, 6) is 0.569. The number of piperazine rings is 1. The van der Waals surface area contributed by atoms with Gasteiger partial charge in [0, 0.05) is 38.8 Å². The molecule has 0 aromatic heterocycles. The minimum Gasteiger partial charge on any atom is -0.484 e. The smallest absolute Gasteiger partial charge is 0.265 e. The number of carbonyl (C=O) groups excluding carboxylic acids is 3. The van der Waals surface area contributed by atoms with Gasteiger partial charge >= 0.3 is 0 Å². The van der Waals surface area contributed by atoms with Gasteiger partial charge in [0.25, 0.3) is 5.91 Å². The summed E-state index contributed by atoms with van der Waals surface area (Å²) in [6.07, 6.45) is 0.282. The molecule has 0 saturated carbocycles. The number of anilines is 1. The molecule has 1 aliphatic heterocycles. The second-order valence-corrected chi connectivity index (χ2v) is 8.80. The third-order valence-electron chi connectivity index (χ3n) is 6.27. The van der Waals surface area contributed by atoms with Crippen LogP contribution in [0.5, 0.6) is 5.75 Å². The zero-order chi connectivity index (χ0) is 25.3. The molecule has 0 N–H and O–H groups in total. The van der Waals surface area contributed by atoms with Crippen molar-refractivity contribution in [3.8, 4) is 5.75 Å². The lowest BCUT2D eigenvalue weighted by Crippen LogP contribution is -2.50. The molecule has 0 radical (unpaired) electrons. The summed E-state index contributed by atoms with van der Waals surface area (Å²) >= 11 is 0. The highest BCUT2D eigenvalue weighted by atomic mass is 16.5. The Morgan fingerprint density at radius 3 is 1.94 bits per heavy atom. The first-order valence-corrected chi connectivity index (χ1v) is 12.1. The quantitative estimate of drug-likeness (QED) is 0.490. The average molecular weight is 486 g/mol. The molecule has 1 heterocycles. The standard InChI is InChI=1S/C29H31N3O4/c1-23(33)30-16-18-31(19-17-30)28(34)20-24-12-14-26(15-13-24)32(21-25-8-4-2-5-9-25)29(35)22-36-27-10-6-3-7-11-27/h2-15H,16-22H2,1H3. The molecular weight excluding hydrogens is 454 g/mol. The van der Waals surface area contributed by atoms with Crippen molar-refractivity contribution in [2.45, 2.75) is 19.9 Å². The largest absolute Gasteiger partial charge is 0.484 e. The minimum atomic E-state index is -0.158. The molecule has 1 saturated heterocycles. The second-order valence-electron chi connectivity index (χ2n) is 8.80. The molecule has 1 fully saturated rings. The topological polar surface area (TPSA) is 70.2 Å². The van der Waals surface area contributed by atoms with Gasteiger partial charge in [-0.1, -0.05) is 60.7 Å². The third kappa shape index (κ3) is 6.72. The Morgan fingerprint density at radius 1 is 0.750 bits per heavy atom. The Balaban J connectivity index is 1.42. The maximum absolute atomic E-state index is 13.2. The summed E-state index contributed by atoms with van der Waals surface area (Å²) in [5, 5.41) is 0. The lowest BCUT2D eigenvalue weighted by Gasteiger charge is -2.34. The van der Waals surface area contributed by atoms with Gasteiger partial charge in [-0.2, -0.15) is 0 Å². The molecule has 0 spiro atoms. The van der Waals surface area contributed by atoms with Crippen LogP contribution in [0.4, 0.5) is 5.69 Å². The second kappa shape index (κ2) is 12.0. The maximum atomic E-state index is 13.2. The van der Waals surface area contributed by atoms with Gasteiger partial charge in [0.05, 0.1) is 13.0 Å². The Morgan fingerprint density at radius 2 is 1.33 bits per heavy atom. The van der Waals surface area contributed by atoms with Gasteiger partial charge in [-0.05, 0) is 35.4 Å². The van der Waals surface area contributed by atoms with E-state index in [9.17, 15) is 14.4 Å². The minimum absolute atomic E-state index is 0.0411. The van der Waals surface area contributed by atoms with Crippen LogP contribution in [0.25, 0.3) is 0 Å². The molecule has 0 atom stereocenters. The van der Waals surface area contributed by atoms with Gasteiger partial charge < -0.3 is 19.4 Å². The summed E-state index contributed by atoms with van der Waals surface area (Å²) in [4.78, 5) is 42.7. The van der Waals surface area contributed by atoms with Gasteiger partial charge in [-0.3, -0.25) is 14.4 Å². The molecule has 1 aliphatic rings. The number of rotatable bonds is 8. The van der Waals surface area contributed by atoms with E-state index >= 15 is 0 Å². The lowest BCUT2D eigenvalue weighted by atomic mass is 10.1. The van der Waals surface area contributed by atoms with Crippen LogP contribution < -0.4 is 9.64 Å². The van der Waals surface area contributed by atoms with Crippen LogP contribution in [0.2, 0.25) is 0 Å². The van der Waals surface area contributed by atoms with Crippen molar-refractivity contribution < 1.29 is 19.1 Å². The van der Waals surface area contributed by atoms with Crippen molar-refractivity contribution in [2.24, 2.45) is 0 Å². The zero-order valence-corrected chi connectivity index (χ0v) is 20.5. The molecule has 4 rings (SSSR count). The normalized spacial score (nSPS) is 13.2. The summed E-state index contributed by atoms with van der Waals surface area (Å²) in [5.41, 5.74) is 2.63. The summed E-state index contributed by atoms with van der Waals surface area (Å²) in [6.45, 7) is 4.14. The van der Waals surface area contributed by atoms with Gasteiger partial charge in [0.1, 0.15) is 5.75 Å². The molecule has 7 heteroatoms. The van der Waals surface area contributed by atoms with E-state index in [1.165, 1.54) is 0 Å². The van der Waals surface area contributed by atoms with Crippen LogP contribution >= 0.6 is 0 Å². The van der Waals surface area contributed by atoms with Gasteiger partial charge in [-0.25, -0.2) is 0 Å². The van der Waals surface area contributed by atoms with E-state index in [1.54, 1.807) is 21.6 Å². The Kier molecular flexibility index (Phi) is 8.34. The van der Waals surface area contributed by atoms with E-state index in [0.717, 1.165) is 16.8 Å². The fourth-order valence-corrected chi connectivity index (χ4v) is 4.18. The van der Waals surface area contributed by atoms with Crippen LogP contribution in [-0.4, -0.2) is 60.3 Å². The van der Waals surface area contributed by atoms with Gasteiger partial charge in [0.2, 0.25) is 11.8 Å². The predicted octanol–water partition coefficient (Wildman–Crippen LogP) is 3.53. The molecule has 0 unspecified atom stereocenters. The fourth-order valence-electron chi connectivity index (χ4n) is 4.18. The third-order valence-corrected chi connectivity index (χ3v) is 6.27. The summed E-state index contributed by atoms with van der Waals surface area (Å²) in [6, 6.07) is 26.6. The van der Waals surface area contributed by atoms with Crippen LogP contribution in [-0.2, 0) is 27.3 Å². The van der Waals surface area contributed by atoms with Crippen molar-refractivity contribution in [3.63, 3.8) is 0 Å². The Bertz CT molecular complexity index is 1160. The Labute approximate surface area is 211 Å². The molecular formula is C29H31N3O4. The number of carbonyl (C=O) groups is 3. The van der Waals surface area contributed by atoms with Crippen LogP contribution in [0.15, 0.2) is 84.9 Å². The zero-order valence-electron chi connectivity index (χ0n) is 20.5. The lowest BCUT2D eigenvalue weighted by molar-refractivity contribution is -0.138. The molecule has 3 amide bonds. The highest BCUT2D eigenvalue weighted by Crippen LogP contribution is 2.20. The number of ether oxygens (including phenoxy) is 1.